The van der Waals surface area contributed by atoms with E-state index in [1.54, 1.807) is 36.6 Å². The van der Waals surface area contributed by atoms with Crippen LogP contribution in [0.5, 0.6) is 11.5 Å². The SMILES string of the molecule is CC(C)C[C@@H]1CC(=O)Oc2ccc3c(c21)O/C(=C\c1ccco1)C3=O. The second-order valence-electron chi connectivity index (χ2n) is 6.81. The predicted molar refractivity (Wildman–Crippen MR) is 90.5 cm³/mol. The molecule has 0 radical (unpaired) electrons. The lowest BCUT2D eigenvalue weighted by molar-refractivity contribution is -0.136. The number of rotatable bonds is 3. The van der Waals surface area contributed by atoms with Crippen LogP contribution in [0.4, 0.5) is 0 Å². The number of ether oxygens (including phenoxy) is 2. The molecule has 0 aliphatic carbocycles. The zero-order valence-corrected chi connectivity index (χ0v) is 14.1. The van der Waals surface area contributed by atoms with Gasteiger partial charge in [-0.15, -0.1) is 0 Å². The maximum absolute atomic E-state index is 12.7. The fourth-order valence-corrected chi connectivity index (χ4v) is 3.47. The Morgan fingerprint density at radius 3 is 2.76 bits per heavy atom. The van der Waals surface area contributed by atoms with Crippen molar-refractivity contribution in [1.29, 1.82) is 0 Å². The molecule has 2 aliphatic heterocycles. The average Bonchev–Trinajstić information content (AvgIpc) is 3.15. The first-order valence-electron chi connectivity index (χ1n) is 8.38. The number of benzene rings is 1. The molecule has 0 unspecified atom stereocenters. The molecule has 4 rings (SSSR count). The van der Waals surface area contributed by atoms with Gasteiger partial charge >= 0.3 is 5.97 Å². The number of fused-ring (bicyclic) bond motifs is 3. The van der Waals surface area contributed by atoms with Crippen molar-refractivity contribution in [2.45, 2.75) is 32.6 Å². The third kappa shape index (κ3) is 2.76. The quantitative estimate of drug-likeness (QED) is 0.473. The smallest absolute Gasteiger partial charge is 0.311 e. The Hall–Kier alpha value is -2.82. The highest BCUT2D eigenvalue weighted by atomic mass is 16.5. The lowest BCUT2D eigenvalue weighted by atomic mass is 9.84. The second-order valence-corrected chi connectivity index (χ2v) is 6.81. The molecule has 0 fully saturated rings. The van der Waals surface area contributed by atoms with E-state index >= 15 is 0 Å². The summed E-state index contributed by atoms with van der Waals surface area (Å²) < 4.78 is 16.5. The fraction of sp³-hybridized carbons (Fsp3) is 0.300. The van der Waals surface area contributed by atoms with Gasteiger partial charge in [0.05, 0.1) is 18.2 Å². The molecule has 2 aromatic rings. The normalized spacial score (nSPS) is 20.4. The number of carbonyl (C=O) groups is 2. The fourth-order valence-electron chi connectivity index (χ4n) is 3.47. The van der Waals surface area contributed by atoms with Crippen molar-refractivity contribution in [2.75, 3.05) is 0 Å². The van der Waals surface area contributed by atoms with Gasteiger partial charge in [-0.3, -0.25) is 9.59 Å². The van der Waals surface area contributed by atoms with E-state index in [2.05, 4.69) is 13.8 Å². The molecule has 0 spiro atoms. The van der Waals surface area contributed by atoms with E-state index in [1.807, 2.05) is 0 Å². The summed E-state index contributed by atoms with van der Waals surface area (Å²) in [6, 6.07) is 6.85. The highest BCUT2D eigenvalue weighted by Gasteiger charge is 2.38. The Morgan fingerprint density at radius 2 is 2.04 bits per heavy atom. The topological polar surface area (TPSA) is 65.7 Å². The summed E-state index contributed by atoms with van der Waals surface area (Å²) in [5, 5.41) is 0. The van der Waals surface area contributed by atoms with E-state index in [-0.39, 0.29) is 23.4 Å². The first kappa shape index (κ1) is 15.7. The van der Waals surface area contributed by atoms with Gasteiger partial charge in [-0.1, -0.05) is 13.8 Å². The Morgan fingerprint density at radius 1 is 1.20 bits per heavy atom. The van der Waals surface area contributed by atoms with Crippen LogP contribution in [0.2, 0.25) is 0 Å². The largest absolute Gasteiger partial charge is 0.465 e. The average molecular weight is 338 g/mol. The minimum absolute atomic E-state index is 0.0121. The first-order valence-corrected chi connectivity index (χ1v) is 8.38. The van der Waals surface area contributed by atoms with Gasteiger partial charge < -0.3 is 13.9 Å². The lowest BCUT2D eigenvalue weighted by Gasteiger charge is -2.27. The first-order chi connectivity index (χ1) is 12.0. The van der Waals surface area contributed by atoms with E-state index in [9.17, 15) is 9.59 Å². The molecule has 0 saturated carbocycles. The van der Waals surface area contributed by atoms with Crippen LogP contribution >= 0.6 is 0 Å². The van der Waals surface area contributed by atoms with Crippen LogP contribution in [0.25, 0.3) is 6.08 Å². The molecule has 0 N–H and O–H groups in total. The minimum atomic E-state index is -0.242. The maximum Gasteiger partial charge on any atom is 0.311 e. The van der Waals surface area contributed by atoms with Crippen molar-refractivity contribution < 1.29 is 23.5 Å². The van der Waals surface area contributed by atoms with Crippen LogP contribution in [0.15, 0.2) is 40.7 Å². The van der Waals surface area contributed by atoms with Crippen molar-refractivity contribution >= 4 is 17.8 Å². The molecule has 5 nitrogen and oxygen atoms in total. The summed E-state index contributed by atoms with van der Waals surface area (Å²) >= 11 is 0. The lowest BCUT2D eigenvalue weighted by Crippen LogP contribution is -2.21. The van der Waals surface area contributed by atoms with E-state index < -0.39 is 0 Å². The van der Waals surface area contributed by atoms with E-state index in [4.69, 9.17) is 13.9 Å². The summed E-state index contributed by atoms with van der Waals surface area (Å²) in [5.41, 5.74) is 1.32. The van der Waals surface area contributed by atoms with Gasteiger partial charge in [-0.05, 0) is 36.6 Å². The van der Waals surface area contributed by atoms with E-state index in [0.717, 1.165) is 12.0 Å². The summed E-state index contributed by atoms with van der Waals surface area (Å²) in [7, 11) is 0. The third-order valence-corrected chi connectivity index (χ3v) is 4.45. The number of esters is 1. The molecule has 1 atom stereocenters. The van der Waals surface area contributed by atoms with Gasteiger partial charge in [-0.2, -0.15) is 0 Å². The third-order valence-electron chi connectivity index (χ3n) is 4.45. The number of furan rings is 1. The van der Waals surface area contributed by atoms with Gasteiger partial charge in [0, 0.05) is 17.6 Å². The molecule has 3 heterocycles. The summed E-state index contributed by atoms with van der Waals surface area (Å²) in [5.74, 6) is 1.75. The van der Waals surface area contributed by atoms with Crippen molar-refractivity contribution in [3.8, 4) is 11.5 Å². The molecule has 25 heavy (non-hydrogen) atoms. The number of carbonyl (C=O) groups excluding carboxylic acids is 2. The van der Waals surface area contributed by atoms with Crippen LogP contribution in [0.3, 0.4) is 0 Å². The summed E-state index contributed by atoms with van der Waals surface area (Å²) in [4.78, 5) is 24.6. The van der Waals surface area contributed by atoms with Gasteiger partial charge in [0.2, 0.25) is 5.78 Å². The second kappa shape index (κ2) is 5.92. The van der Waals surface area contributed by atoms with Crippen molar-refractivity contribution in [3.05, 3.63) is 53.2 Å². The molecular weight excluding hydrogens is 320 g/mol. The molecule has 128 valence electrons. The summed E-state index contributed by atoms with van der Waals surface area (Å²) in [6.45, 7) is 4.22. The molecule has 2 aliphatic rings. The Balaban J connectivity index is 1.78. The number of hydrogen-bond acceptors (Lipinski definition) is 5. The monoisotopic (exact) mass is 338 g/mol. The van der Waals surface area contributed by atoms with Gasteiger partial charge in [0.15, 0.2) is 5.76 Å². The van der Waals surface area contributed by atoms with Crippen LogP contribution in [-0.4, -0.2) is 11.8 Å². The van der Waals surface area contributed by atoms with Gasteiger partial charge in [0.25, 0.3) is 0 Å². The molecule has 0 bridgehead atoms. The molecular formula is C20H18O5. The van der Waals surface area contributed by atoms with Crippen molar-refractivity contribution in [3.63, 3.8) is 0 Å². The van der Waals surface area contributed by atoms with E-state index in [0.29, 0.717) is 35.2 Å². The molecule has 0 saturated heterocycles. The highest BCUT2D eigenvalue weighted by molar-refractivity contribution is 6.15. The number of allylic oxidation sites excluding steroid dienone is 1. The van der Waals surface area contributed by atoms with Gasteiger partial charge in [-0.25, -0.2) is 0 Å². The summed E-state index contributed by atoms with van der Waals surface area (Å²) in [6.07, 6.45) is 4.25. The number of hydrogen-bond donors (Lipinski definition) is 0. The van der Waals surface area contributed by atoms with Crippen LogP contribution in [0.1, 0.15) is 54.3 Å². The maximum atomic E-state index is 12.7. The van der Waals surface area contributed by atoms with E-state index in [1.165, 1.54) is 0 Å². The highest BCUT2D eigenvalue weighted by Crippen LogP contribution is 2.48. The Bertz CT molecular complexity index is 874. The minimum Gasteiger partial charge on any atom is -0.465 e. The molecule has 1 aromatic heterocycles. The standard InChI is InChI=1S/C20H18O5/c1-11(2)8-12-9-17(21)24-15-6-5-14-19(22)16(25-20(14)18(12)15)10-13-4-3-7-23-13/h3-7,10-12H,8-9H2,1-2H3/b16-10-/t12-/m1/s1. The molecule has 1 aromatic carbocycles. The van der Waals surface area contributed by atoms with Crippen LogP contribution in [-0.2, 0) is 4.79 Å². The zero-order chi connectivity index (χ0) is 17.6. The number of Topliss-reactive ketones (excluding diaryl/α,β-unsaturated/α-hetero) is 1. The number of ketones is 1. The predicted octanol–water partition coefficient (Wildman–Crippen LogP) is 4.33. The van der Waals surface area contributed by atoms with Gasteiger partial charge in [0.1, 0.15) is 17.3 Å². The van der Waals surface area contributed by atoms with Crippen LogP contribution < -0.4 is 9.47 Å². The zero-order valence-electron chi connectivity index (χ0n) is 14.1. The van der Waals surface area contributed by atoms with Crippen molar-refractivity contribution in [1.82, 2.24) is 0 Å². The Kier molecular flexibility index (Phi) is 3.71. The molecule has 0 amide bonds. The Labute approximate surface area is 145 Å². The van der Waals surface area contributed by atoms with Crippen LogP contribution in [0, 0.1) is 5.92 Å². The van der Waals surface area contributed by atoms with Crippen molar-refractivity contribution in [2.24, 2.45) is 5.92 Å². The molecule has 5 heteroatoms.